The maximum atomic E-state index is 10.7. The highest BCUT2D eigenvalue weighted by molar-refractivity contribution is 5.73. The predicted octanol–water partition coefficient (Wildman–Crippen LogP) is 1.54. The zero-order valence-electron chi connectivity index (χ0n) is 8.23. The van der Waals surface area contributed by atoms with Crippen molar-refractivity contribution < 1.29 is 15.1 Å². The van der Waals surface area contributed by atoms with Crippen molar-refractivity contribution in [3.63, 3.8) is 0 Å². The smallest absolute Gasteiger partial charge is 0.302 e. The number of aromatic hydroxyl groups is 2. The van der Waals surface area contributed by atoms with Gasteiger partial charge >= 0.3 is 5.69 Å². The highest BCUT2D eigenvalue weighted by Crippen LogP contribution is 2.40. The fraction of sp³-hybridized carbons (Fsp3) is 0.333. The van der Waals surface area contributed by atoms with Crippen LogP contribution in [0.3, 0.4) is 0 Å². The summed E-state index contributed by atoms with van der Waals surface area (Å²) in [5.74, 6) is -0.769. The first-order valence-electron chi connectivity index (χ1n) is 4.46. The van der Waals surface area contributed by atoms with Crippen molar-refractivity contribution in [2.75, 3.05) is 5.73 Å². The van der Waals surface area contributed by atoms with E-state index in [2.05, 4.69) is 0 Å². The van der Waals surface area contributed by atoms with E-state index in [1.165, 1.54) is 0 Å². The van der Waals surface area contributed by atoms with Crippen LogP contribution in [-0.4, -0.2) is 15.1 Å². The second-order valence-electron chi connectivity index (χ2n) is 3.16. The molecule has 6 nitrogen and oxygen atoms in total. The van der Waals surface area contributed by atoms with Crippen LogP contribution in [0.5, 0.6) is 11.5 Å². The minimum atomic E-state index is -0.695. The third-order valence-corrected chi connectivity index (χ3v) is 2.08. The van der Waals surface area contributed by atoms with E-state index >= 15 is 0 Å². The Morgan fingerprint density at radius 2 is 2.07 bits per heavy atom. The average Bonchev–Trinajstić information content (AvgIpc) is 2.14. The number of nitrogen functional groups attached to an aromatic ring is 1. The van der Waals surface area contributed by atoms with E-state index in [4.69, 9.17) is 5.73 Å². The molecule has 0 amide bonds. The highest BCUT2D eigenvalue weighted by atomic mass is 16.6. The molecule has 6 heteroatoms. The largest absolute Gasteiger partial charge is 0.507 e. The SMILES string of the molecule is CCCc1c(O)cc(O)c(N)c1[N+](=O)[O-]. The number of phenolic OH excluding ortho intramolecular Hbond substituents is 2. The van der Waals surface area contributed by atoms with Crippen molar-refractivity contribution in [3.8, 4) is 11.5 Å². The van der Waals surface area contributed by atoms with Gasteiger partial charge in [-0.05, 0) is 6.42 Å². The zero-order chi connectivity index (χ0) is 11.6. The number of nitrogens with zero attached hydrogens (tertiary/aromatic N) is 1. The lowest BCUT2D eigenvalue weighted by Gasteiger charge is -2.08. The molecule has 0 heterocycles. The molecule has 0 saturated heterocycles. The normalized spacial score (nSPS) is 10.2. The second kappa shape index (κ2) is 4.04. The third kappa shape index (κ3) is 1.93. The molecule has 0 unspecified atom stereocenters. The quantitative estimate of drug-likeness (QED) is 0.231. The van der Waals surface area contributed by atoms with Gasteiger partial charge in [0.2, 0.25) is 0 Å². The van der Waals surface area contributed by atoms with Gasteiger partial charge in [0.05, 0.1) is 10.5 Å². The lowest BCUT2D eigenvalue weighted by Crippen LogP contribution is -2.01. The van der Waals surface area contributed by atoms with Crippen molar-refractivity contribution in [1.29, 1.82) is 0 Å². The first-order chi connectivity index (χ1) is 6.99. The summed E-state index contributed by atoms with van der Waals surface area (Å²) in [5, 5.41) is 29.4. The maximum absolute atomic E-state index is 10.7. The fourth-order valence-corrected chi connectivity index (χ4v) is 1.40. The molecule has 15 heavy (non-hydrogen) atoms. The molecule has 0 saturated carbocycles. The Labute approximate surface area is 86.1 Å². The second-order valence-corrected chi connectivity index (χ2v) is 3.16. The lowest BCUT2D eigenvalue weighted by molar-refractivity contribution is -0.384. The standard InChI is InChI=1S/C9H12N2O4/c1-2-3-5-6(12)4-7(13)8(10)9(5)11(14)15/h4,12-13H,2-3,10H2,1H3. The van der Waals surface area contributed by atoms with E-state index in [0.29, 0.717) is 12.8 Å². The topological polar surface area (TPSA) is 110 Å². The Morgan fingerprint density at radius 3 is 2.53 bits per heavy atom. The molecule has 0 aliphatic heterocycles. The Hall–Kier alpha value is -1.98. The first kappa shape index (κ1) is 11.1. The van der Waals surface area contributed by atoms with Gasteiger partial charge in [-0.15, -0.1) is 0 Å². The summed E-state index contributed by atoms with van der Waals surface area (Å²) in [6, 6.07) is 1.02. The highest BCUT2D eigenvalue weighted by Gasteiger charge is 2.24. The van der Waals surface area contributed by atoms with Gasteiger partial charge in [-0.25, -0.2) is 0 Å². The Kier molecular flexibility index (Phi) is 2.99. The van der Waals surface area contributed by atoms with Crippen LogP contribution < -0.4 is 5.73 Å². The number of rotatable bonds is 3. The third-order valence-electron chi connectivity index (χ3n) is 2.08. The molecule has 1 rings (SSSR count). The monoisotopic (exact) mass is 212 g/mol. The van der Waals surface area contributed by atoms with Crippen LogP contribution in [0, 0.1) is 10.1 Å². The maximum Gasteiger partial charge on any atom is 0.302 e. The molecule has 82 valence electrons. The van der Waals surface area contributed by atoms with Crippen molar-refractivity contribution in [1.82, 2.24) is 0 Å². The zero-order valence-corrected chi connectivity index (χ0v) is 8.23. The van der Waals surface area contributed by atoms with E-state index in [1.807, 2.05) is 6.92 Å². The summed E-state index contributed by atoms with van der Waals surface area (Å²) in [7, 11) is 0. The number of hydrogen-bond acceptors (Lipinski definition) is 5. The molecular weight excluding hydrogens is 200 g/mol. The van der Waals surface area contributed by atoms with Crippen LogP contribution in [0.1, 0.15) is 18.9 Å². The van der Waals surface area contributed by atoms with Crippen LogP contribution in [0.4, 0.5) is 11.4 Å². The molecule has 1 aromatic rings. The minimum absolute atomic E-state index is 0.165. The minimum Gasteiger partial charge on any atom is -0.507 e. The van der Waals surface area contributed by atoms with Crippen LogP contribution >= 0.6 is 0 Å². The summed E-state index contributed by atoms with van der Waals surface area (Å²) in [5.41, 5.74) is 4.83. The van der Waals surface area contributed by atoms with Gasteiger partial charge in [-0.2, -0.15) is 0 Å². The molecule has 0 spiro atoms. The summed E-state index contributed by atoms with van der Waals surface area (Å²) in [6.45, 7) is 1.83. The summed E-state index contributed by atoms with van der Waals surface area (Å²) >= 11 is 0. The summed E-state index contributed by atoms with van der Waals surface area (Å²) < 4.78 is 0. The Bertz CT molecular complexity index is 404. The first-order valence-corrected chi connectivity index (χ1v) is 4.46. The van der Waals surface area contributed by atoms with E-state index in [1.54, 1.807) is 0 Å². The van der Waals surface area contributed by atoms with Gasteiger partial charge in [0.15, 0.2) is 5.69 Å². The summed E-state index contributed by atoms with van der Waals surface area (Å²) in [6.07, 6.45) is 0.977. The van der Waals surface area contributed by atoms with Gasteiger partial charge in [0, 0.05) is 6.07 Å². The number of anilines is 1. The van der Waals surface area contributed by atoms with Crippen LogP contribution in [0.2, 0.25) is 0 Å². The van der Waals surface area contributed by atoms with Crippen LogP contribution in [0.15, 0.2) is 6.07 Å². The number of nitro groups is 1. The molecule has 0 aromatic heterocycles. The number of nitro benzene ring substituents is 1. The van der Waals surface area contributed by atoms with Crippen molar-refractivity contribution in [2.45, 2.75) is 19.8 Å². The number of hydrogen-bond donors (Lipinski definition) is 3. The molecule has 0 fully saturated rings. The van der Waals surface area contributed by atoms with Crippen molar-refractivity contribution in [2.24, 2.45) is 0 Å². The van der Waals surface area contributed by atoms with Gasteiger partial charge in [-0.3, -0.25) is 10.1 Å². The predicted molar refractivity (Wildman–Crippen MR) is 54.8 cm³/mol. The molecule has 1 aromatic carbocycles. The Morgan fingerprint density at radius 1 is 1.47 bits per heavy atom. The molecular formula is C9H12N2O4. The van der Waals surface area contributed by atoms with E-state index in [-0.39, 0.29) is 17.0 Å². The molecule has 4 N–H and O–H groups in total. The van der Waals surface area contributed by atoms with E-state index in [0.717, 1.165) is 6.07 Å². The Balaban J connectivity index is 3.47. The van der Waals surface area contributed by atoms with Crippen molar-refractivity contribution >= 4 is 11.4 Å². The van der Waals surface area contributed by atoms with Gasteiger partial charge in [0.25, 0.3) is 0 Å². The van der Waals surface area contributed by atoms with Gasteiger partial charge < -0.3 is 15.9 Å². The number of nitrogens with two attached hydrogens (primary N) is 1. The number of phenols is 2. The summed E-state index contributed by atoms with van der Waals surface area (Å²) in [4.78, 5) is 10.0. The molecule has 0 radical (unpaired) electrons. The van der Waals surface area contributed by atoms with Gasteiger partial charge in [0.1, 0.15) is 11.5 Å². The lowest BCUT2D eigenvalue weighted by atomic mass is 10.0. The average molecular weight is 212 g/mol. The van der Waals surface area contributed by atoms with E-state index in [9.17, 15) is 20.3 Å². The molecule has 0 aliphatic carbocycles. The number of benzene rings is 1. The van der Waals surface area contributed by atoms with Crippen molar-refractivity contribution in [3.05, 3.63) is 21.7 Å². The molecule has 0 bridgehead atoms. The molecule has 0 atom stereocenters. The van der Waals surface area contributed by atoms with Crippen LogP contribution in [-0.2, 0) is 6.42 Å². The van der Waals surface area contributed by atoms with E-state index < -0.39 is 16.4 Å². The fourth-order valence-electron chi connectivity index (χ4n) is 1.40. The van der Waals surface area contributed by atoms with Crippen LogP contribution in [0.25, 0.3) is 0 Å². The molecule has 0 aliphatic rings. The van der Waals surface area contributed by atoms with Gasteiger partial charge in [-0.1, -0.05) is 13.3 Å².